The molecule has 0 aromatic carbocycles. The van der Waals surface area contributed by atoms with Crippen molar-refractivity contribution >= 4 is 83.8 Å². The van der Waals surface area contributed by atoms with Gasteiger partial charge in [-0.1, -0.05) is 83.1 Å². The lowest BCUT2D eigenvalue weighted by Crippen LogP contribution is -2.59. The number of carboxylic acids is 2. The summed E-state index contributed by atoms with van der Waals surface area (Å²) in [4.78, 5) is 177. The predicted octanol–water partition coefficient (Wildman–Crippen LogP) is 7.80. The quantitative estimate of drug-likeness (QED) is 0.0572. The minimum absolute atomic E-state index is 0.0324. The van der Waals surface area contributed by atoms with E-state index in [1.807, 2.05) is 41.5 Å². The lowest BCUT2D eigenvalue weighted by Gasteiger charge is -2.36. The fourth-order valence-corrected chi connectivity index (χ4v) is 10.9. The zero-order valence-electron chi connectivity index (χ0n) is 70.5. The average molecular weight is 1540 g/mol. The van der Waals surface area contributed by atoms with Gasteiger partial charge in [-0.2, -0.15) is 0 Å². The average Bonchev–Trinajstić information content (AvgIpc) is 1.54. The number of carbonyl (C=O) groups is 14. The van der Waals surface area contributed by atoms with E-state index in [2.05, 4.69) is 31.3 Å². The summed E-state index contributed by atoms with van der Waals surface area (Å²) in [5.74, 6) is -5.19. The van der Waals surface area contributed by atoms with Gasteiger partial charge < -0.3 is 84.7 Å². The highest BCUT2D eigenvalue weighted by Crippen LogP contribution is 2.31. The maximum absolute atomic E-state index is 13.3. The number of aliphatic carboxylic acids is 2. The van der Waals surface area contributed by atoms with E-state index in [0.717, 1.165) is 25.8 Å². The van der Waals surface area contributed by atoms with E-state index in [0.29, 0.717) is 51.7 Å². The first-order chi connectivity index (χ1) is 48.8. The number of hydrogen-bond acceptors (Lipinski definition) is 22. The van der Waals surface area contributed by atoms with E-state index in [1.165, 1.54) is 59.9 Å². The van der Waals surface area contributed by atoms with Crippen molar-refractivity contribution in [3.8, 4) is 0 Å². The van der Waals surface area contributed by atoms with Crippen LogP contribution >= 0.6 is 0 Å². The third kappa shape index (κ3) is 34.5. The molecule has 0 bridgehead atoms. The highest BCUT2D eigenvalue weighted by Gasteiger charge is 2.47. The molecule has 4 aliphatic heterocycles. The van der Waals surface area contributed by atoms with Gasteiger partial charge in [0.1, 0.15) is 82.8 Å². The second-order valence-corrected chi connectivity index (χ2v) is 35.5. The predicted molar refractivity (Wildman–Crippen MR) is 401 cm³/mol. The summed E-state index contributed by atoms with van der Waals surface area (Å²) >= 11 is 0. The van der Waals surface area contributed by atoms with Gasteiger partial charge in [0.05, 0.1) is 21.3 Å². The van der Waals surface area contributed by atoms with E-state index in [4.69, 9.17) is 33.5 Å². The van der Waals surface area contributed by atoms with E-state index in [1.54, 1.807) is 138 Å². The van der Waals surface area contributed by atoms with Crippen molar-refractivity contribution in [2.24, 2.45) is 21.7 Å². The maximum Gasteiger partial charge on any atom is 0.410 e. The first kappa shape index (κ1) is 99.7. The maximum atomic E-state index is 13.3. The fraction of sp³-hybridized carbons (Fsp3) is 0.813. The lowest BCUT2D eigenvalue weighted by molar-refractivity contribution is -0.153. The monoisotopic (exact) mass is 1540 g/mol. The molecule has 9 amide bonds. The Bertz CT molecular complexity index is 3060. The van der Waals surface area contributed by atoms with E-state index in [-0.39, 0.29) is 23.8 Å². The number of likely N-dealkylation sites (N-methyl/N-ethyl adjacent to an activating group) is 2. The number of rotatable bonds is 16. The topological polar surface area (TPSA) is 420 Å². The number of methoxy groups -OCH3 is 3. The first-order valence-electron chi connectivity index (χ1n) is 36.7. The van der Waals surface area contributed by atoms with Gasteiger partial charge in [-0.25, -0.2) is 38.4 Å². The summed E-state index contributed by atoms with van der Waals surface area (Å²) in [6.07, 6.45) is 2.88. The number of nitrogens with zero attached hydrogens (tertiary/aromatic N) is 5. The second-order valence-electron chi connectivity index (χ2n) is 35.5. The Morgan fingerprint density at radius 3 is 0.917 bits per heavy atom. The molecule has 0 aliphatic carbocycles. The standard InChI is InChI=1S/C21H37N3O6.C20H35N3O6.C17H30N2O5.C11H21NO4.C6H11NO2/c1-13(23(8)19(28)30-21(5,6)7)16(25)22-15(20(2,3)4)17(26)24-12-10-11-14(24)18(27)29-9;1-12(22(8)18(28)29-20(5,6)7)15(24)21-14(19(2,3)4)16(25)23-11-9-10-13(23)17(26)27;1-16(2,3)12(18-15(22)24-17(4,5)6)13(20)19-10-8-9-11(19)14(21)23-7;1-10(2,3)7(8(13)14)12-9(15)16-11(4,5)6;1-9-6(8)5-3-2-4-7-5/h13-15H,10-12H2,1-9H3,(H,22,25);12-14H,9-11H2,1-8H3,(H,21,24)(H,26,27);11-12H,8-10H2,1-7H3,(H,18,22);7H,1-6H3,(H,12,15)(H,13,14);5,7H,2-4H2,1H3/t13-,14-,15+;12-,13-,14+;11-,12+;7-;5-/m00010/s1. The molecule has 108 heavy (non-hydrogen) atoms. The molecule has 4 heterocycles. The van der Waals surface area contributed by atoms with Crippen molar-refractivity contribution in [1.29, 1.82) is 0 Å². The highest BCUT2D eigenvalue weighted by atomic mass is 16.6. The normalized spacial score (nSPS) is 19.1. The van der Waals surface area contributed by atoms with Crippen LogP contribution < -0.4 is 26.6 Å². The minimum atomic E-state index is -1.07. The molecule has 0 aromatic rings. The number of likely N-dealkylation sites (tertiary alicyclic amines) is 3. The van der Waals surface area contributed by atoms with Crippen LogP contribution in [0.4, 0.5) is 19.2 Å². The smallest absolute Gasteiger partial charge is 0.410 e. The molecule has 33 heteroatoms. The number of nitrogens with one attached hydrogen (secondary N) is 5. The molecular weight excluding hydrogens is 1410 g/mol. The van der Waals surface area contributed by atoms with Crippen LogP contribution in [0.15, 0.2) is 0 Å². The summed E-state index contributed by atoms with van der Waals surface area (Å²) in [6.45, 7) is 47.8. The molecule has 4 fully saturated rings. The molecule has 10 atom stereocenters. The molecule has 0 spiro atoms. The zero-order valence-corrected chi connectivity index (χ0v) is 70.5. The van der Waals surface area contributed by atoms with E-state index in [9.17, 15) is 72.2 Å². The van der Waals surface area contributed by atoms with Gasteiger partial charge in [0, 0.05) is 33.7 Å². The van der Waals surface area contributed by atoms with Crippen LogP contribution in [0.25, 0.3) is 0 Å². The molecular formula is C75H134N10O23. The number of hydrogen-bond donors (Lipinski definition) is 7. The number of ether oxygens (including phenoxy) is 7. The number of carboxylic acid groups (broad SMARTS) is 2. The Balaban J connectivity index is 0.00000138. The van der Waals surface area contributed by atoms with Gasteiger partial charge >= 0.3 is 54.2 Å². The minimum Gasteiger partial charge on any atom is -0.480 e. The lowest BCUT2D eigenvalue weighted by atomic mass is 9.85. The first-order valence-corrected chi connectivity index (χ1v) is 36.7. The Morgan fingerprint density at radius 1 is 0.389 bits per heavy atom. The van der Waals surface area contributed by atoms with Crippen LogP contribution in [0, 0.1) is 21.7 Å². The SMILES string of the molecule is CC(C)(C)OC(=O)N[C@H](C(=O)O)C(C)(C)C.COC(=O)[C@@H]1CCCN1.COC(=O)[C@@H]1CCCN1C(=O)[C@@H](NC(=O)OC(C)(C)C)C(C)(C)C.COC(=O)[C@@H]1CCCN1C(=O)[C@@H](NC(=O)[C@H](C)N(C)C(=O)OC(C)(C)C)C(C)(C)C.C[C@@H](C(=O)N[C@H](C(=O)N1CCC[C@H]1C(=O)O)C(C)(C)C)N(C)C(=O)OC(C)(C)C. The summed E-state index contributed by atoms with van der Waals surface area (Å²) in [5.41, 5.74) is -5.04. The van der Waals surface area contributed by atoms with E-state index < -0.39 is 164 Å². The van der Waals surface area contributed by atoms with Crippen LogP contribution in [-0.2, 0) is 81.1 Å². The van der Waals surface area contributed by atoms with Crippen molar-refractivity contribution in [1.82, 2.24) is 51.1 Å². The molecule has 622 valence electrons. The van der Waals surface area contributed by atoms with E-state index >= 15 is 0 Å². The largest absolute Gasteiger partial charge is 0.480 e. The number of alkyl carbamates (subject to hydrolysis) is 2. The Morgan fingerprint density at radius 2 is 0.667 bits per heavy atom. The summed E-state index contributed by atoms with van der Waals surface area (Å²) in [6, 6.07) is -7.45. The fourth-order valence-electron chi connectivity index (χ4n) is 10.9. The molecule has 0 aromatic heterocycles. The Labute approximate surface area is 640 Å². The summed E-state index contributed by atoms with van der Waals surface area (Å²) in [7, 11) is 6.94. The van der Waals surface area contributed by atoms with Crippen molar-refractivity contribution in [2.45, 2.75) is 314 Å². The van der Waals surface area contributed by atoms with Crippen molar-refractivity contribution in [2.75, 3.05) is 61.6 Å². The molecule has 7 N–H and O–H groups in total. The summed E-state index contributed by atoms with van der Waals surface area (Å²) in [5, 5.41) is 31.9. The highest BCUT2D eigenvalue weighted by molar-refractivity contribution is 5.95. The number of carbonyl (C=O) groups excluding carboxylic acids is 12. The number of amides is 9. The van der Waals surface area contributed by atoms with Crippen LogP contribution in [-0.4, -0.2) is 263 Å². The molecule has 4 aliphatic rings. The molecule has 4 rings (SSSR count). The summed E-state index contributed by atoms with van der Waals surface area (Å²) < 4.78 is 35.0. The third-order valence-electron chi connectivity index (χ3n) is 17.0. The molecule has 0 unspecified atom stereocenters. The Hall–Kier alpha value is -8.26. The van der Waals surface area contributed by atoms with Crippen LogP contribution in [0.2, 0.25) is 0 Å². The molecule has 33 nitrogen and oxygen atoms in total. The molecule has 0 radical (unpaired) electrons. The van der Waals surface area contributed by atoms with Gasteiger partial charge in [0.15, 0.2) is 0 Å². The zero-order chi connectivity index (χ0) is 84.7. The Kier molecular flexibility index (Phi) is 38.3. The van der Waals surface area contributed by atoms with Crippen LogP contribution in [0.5, 0.6) is 0 Å². The van der Waals surface area contributed by atoms with Gasteiger partial charge in [-0.05, 0) is 177 Å². The molecule has 0 saturated carbocycles. The van der Waals surface area contributed by atoms with Gasteiger partial charge in [0.2, 0.25) is 29.5 Å². The van der Waals surface area contributed by atoms with Gasteiger partial charge in [0.25, 0.3) is 0 Å². The molecule has 4 saturated heterocycles. The number of esters is 3. The van der Waals surface area contributed by atoms with Crippen LogP contribution in [0.3, 0.4) is 0 Å². The van der Waals surface area contributed by atoms with Gasteiger partial charge in [-0.3, -0.25) is 38.6 Å². The van der Waals surface area contributed by atoms with Crippen molar-refractivity contribution in [3.63, 3.8) is 0 Å². The second kappa shape index (κ2) is 41.5. The third-order valence-corrected chi connectivity index (χ3v) is 17.0. The van der Waals surface area contributed by atoms with Crippen molar-refractivity contribution < 1.29 is 110 Å². The van der Waals surface area contributed by atoms with Crippen molar-refractivity contribution in [3.05, 3.63) is 0 Å². The van der Waals surface area contributed by atoms with Gasteiger partial charge in [-0.15, -0.1) is 0 Å². The van der Waals surface area contributed by atoms with Crippen LogP contribution in [0.1, 0.15) is 231 Å².